The van der Waals surface area contributed by atoms with Crippen LogP contribution in [0.3, 0.4) is 0 Å². The van der Waals surface area contributed by atoms with E-state index in [-0.39, 0.29) is 24.8 Å². The standard InChI is InChI=1S/C21H19N3O7/c1-2-29-15-6-4-3-5-14(15)24-20(27)19(26)23(21(24)28)11-18(25)22-10-13-7-8-16-17(9-13)31-12-30-16/h3-9H,2,10-12H2,1H3,(H,22,25). The molecular weight excluding hydrogens is 406 g/mol. The molecule has 0 unspecified atom stereocenters. The Morgan fingerprint density at radius 1 is 1.06 bits per heavy atom. The van der Waals surface area contributed by atoms with Crippen molar-refractivity contribution in [2.45, 2.75) is 13.5 Å². The molecule has 0 aromatic heterocycles. The van der Waals surface area contributed by atoms with E-state index in [1.165, 1.54) is 6.07 Å². The molecule has 0 atom stereocenters. The third-order valence-electron chi connectivity index (χ3n) is 4.69. The predicted molar refractivity (Wildman–Crippen MR) is 107 cm³/mol. The van der Waals surface area contributed by atoms with Crippen LogP contribution in [0.1, 0.15) is 12.5 Å². The Kier molecular flexibility index (Phi) is 5.44. The second-order valence-electron chi connectivity index (χ2n) is 6.68. The third-order valence-corrected chi connectivity index (χ3v) is 4.69. The molecular formula is C21H19N3O7. The third kappa shape index (κ3) is 3.87. The molecule has 0 aliphatic carbocycles. The number of fused-ring (bicyclic) bond motifs is 1. The maximum absolute atomic E-state index is 12.8. The molecule has 31 heavy (non-hydrogen) atoms. The summed E-state index contributed by atoms with van der Waals surface area (Å²) in [5.74, 6) is -1.23. The summed E-state index contributed by atoms with van der Waals surface area (Å²) in [7, 11) is 0. The highest BCUT2D eigenvalue weighted by Gasteiger charge is 2.47. The fourth-order valence-electron chi connectivity index (χ4n) is 3.23. The Morgan fingerprint density at radius 2 is 1.84 bits per heavy atom. The van der Waals surface area contributed by atoms with Gasteiger partial charge in [0.15, 0.2) is 11.5 Å². The van der Waals surface area contributed by atoms with Gasteiger partial charge < -0.3 is 19.5 Å². The van der Waals surface area contributed by atoms with Crippen molar-refractivity contribution in [1.82, 2.24) is 10.2 Å². The molecule has 4 rings (SSSR count). The van der Waals surface area contributed by atoms with Gasteiger partial charge >= 0.3 is 17.8 Å². The van der Waals surface area contributed by atoms with Crippen LogP contribution in [0.15, 0.2) is 42.5 Å². The molecule has 2 heterocycles. The lowest BCUT2D eigenvalue weighted by molar-refractivity contribution is -0.140. The molecule has 2 aliphatic heterocycles. The van der Waals surface area contributed by atoms with E-state index >= 15 is 0 Å². The molecule has 10 nitrogen and oxygen atoms in total. The van der Waals surface area contributed by atoms with Crippen molar-refractivity contribution >= 4 is 29.4 Å². The molecule has 2 aliphatic rings. The van der Waals surface area contributed by atoms with Crippen LogP contribution in [0.4, 0.5) is 10.5 Å². The number of anilines is 1. The van der Waals surface area contributed by atoms with E-state index in [1.807, 2.05) is 0 Å². The van der Waals surface area contributed by atoms with Crippen LogP contribution in [0.25, 0.3) is 0 Å². The topological polar surface area (TPSA) is 114 Å². The Labute approximate surface area is 177 Å². The zero-order valence-electron chi connectivity index (χ0n) is 16.6. The van der Waals surface area contributed by atoms with Crippen molar-refractivity contribution < 1.29 is 33.4 Å². The number of amides is 5. The number of ether oxygens (including phenoxy) is 3. The molecule has 0 saturated carbocycles. The minimum atomic E-state index is -1.07. The molecule has 0 radical (unpaired) electrons. The summed E-state index contributed by atoms with van der Waals surface area (Å²) < 4.78 is 16.0. The molecule has 10 heteroatoms. The van der Waals surface area contributed by atoms with Crippen LogP contribution >= 0.6 is 0 Å². The molecule has 5 amide bonds. The van der Waals surface area contributed by atoms with Crippen molar-refractivity contribution in [1.29, 1.82) is 0 Å². The van der Waals surface area contributed by atoms with E-state index in [0.717, 1.165) is 10.5 Å². The maximum atomic E-state index is 12.8. The molecule has 160 valence electrons. The molecule has 0 bridgehead atoms. The van der Waals surface area contributed by atoms with Gasteiger partial charge in [0.25, 0.3) is 0 Å². The number of carbonyl (C=O) groups is 4. The first-order valence-electron chi connectivity index (χ1n) is 9.56. The van der Waals surface area contributed by atoms with Gasteiger partial charge in [0.1, 0.15) is 12.3 Å². The summed E-state index contributed by atoms with van der Waals surface area (Å²) in [5.41, 5.74) is 0.899. The van der Waals surface area contributed by atoms with Gasteiger partial charge in [0.2, 0.25) is 12.7 Å². The molecule has 2 aromatic carbocycles. The second-order valence-corrected chi connectivity index (χ2v) is 6.68. The minimum absolute atomic E-state index is 0.140. The van der Waals surface area contributed by atoms with Crippen molar-refractivity contribution in [3.05, 3.63) is 48.0 Å². The first kappa shape index (κ1) is 20.2. The minimum Gasteiger partial charge on any atom is -0.492 e. The lowest BCUT2D eigenvalue weighted by Crippen LogP contribution is -2.41. The molecule has 1 saturated heterocycles. The van der Waals surface area contributed by atoms with Gasteiger partial charge in [-0.3, -0.25) is 14.4 Å². The van der Waals surface area contributed by atoms with Crippen molar-refractivity contribution in [3.8, 4) is 17.2 Å². The summed E-state index contributed by atoms with van der Waals surface area (Å²) in [6, 6.07) is 10.7. The molecule has 2 aromatic rings. The van der Waals surface area contributed by atoms with E-state index in [9.17, 15) is 19.2 Å². The lowest BCUT2D eigenvalue weighted by Gasteiger charge is -2.18. The highest BCUT2D eigenvalue weighted by molar-refractivity contribution is 6.53. The highest BCUT2D eigenvalue weighted by atomic mass is 16.7. The monoisotopic (exact) mass is 425 g/mol. The van der Waals surface area contributed by atoms with Gasteiger partial charge in [0.05, 0.1) is 12.3 Å². The quantitative estimate of drug-likeness (QED) is 0.527. The fraction of sp³-hybridized carbons (Fsp3) is 0.238. The Bertz CT molecular complexity index is 1070. The van der Waals surface area contributed by atoms with Crippen LogP contribution in [0.5, 0.6) is 17.2 Å². The highest BCUT2D eigenvalue weighted by Crippen LogP contribution is 2.33. The number of rotatable bonds is 7. The Balaban J connectivity index is 1.43. The van der Waals surface area contributed by atoms with Crippen molar-refractivity contribution in [2.24, 2.45) is 0 Å². The Hall–Kier alpha value is -4.08. The second kappa shape index (κ2) is 8.34. The first-order chi connectivity index (χ1) is 15.0. The van der Waals surface area contributed by atoms with Crippen LogP contribution in [-0.2, 0) is 20.9 Å². The zero-order valence-corrected chi connectivity index (χ0v) is 16.6. The number of carbonyl (C=O) groups excluding carboxylic acids is 4. The van der Waals surface area contributed by atoms with Gasteiger partial charge in [0, 0.05) is 6.54 Å². The lowest BCUT2D eigenvalue weighted by atomic mass is 10.2. The van der Waals surface area contributed by atoms with Crippen molar-refractivity contribution in [2.75, 3.05) is 24.8 Å². The summed E-state index contributed by atoms with van der Waals surface area (Å²) in [6.07, 6.45) is 0. The average Bonchev–Trinajstić information content (AvgIpc) is 3.31. The number of urea groups is 1. The van der Waals surface area contributed by atoms with Gasteiger partial charge in [-0.05, 0) is 36.8 Å². The average molecular weight is 425 g/mol. The normalized spacial score (nSPS) is 14.9. The van der Waals surface area contributed by atoms with Gasteiger partial charge in [-0.15, -0.1) is 0 Å². The van der Waals surface area contributed by atoms with Crippen LogP contribution in [0, 0.1) is 0 Å². The largest absolute Gasteiger partial charge is 0.492 e. The maximum Gasteiger partial charge on any atom is 0.339 e. The summed E-state index contributed by atoms with van der Waals surface area (Å²) in [5, 5.41) is 2.62. The number of nitrogens with one attached hydrogen (secondary N) is 1. The van der Waals surface area contributed by atoms with Gasteiger partial charge in [-0.25, -0.2) is 14.6 Å². The number of hydrogen-bond acceptors (Lipinski definition) is 7. The number of benzene rings is 2. The SMILES string of the molecule is CCOc1ccccc1N1C(=O)C(=O)N(CC(=O)NCc2ccc3c(c2)OCO3)C1=O. The molecule has 1 N–H and O–H groups in total. The smallest absolute Gasteiger partial charge is 0.339 e. The molecule has 1 fully saturated rings. The van der Waals surface area contributed by atoms with Crippen molar-refractivity contribution in [3.63, 3.8) is 0 Å². The van der Waals surface area contributed by atoms with Crippen LogP contribution in [-0.4, -0.2) is 48.6 Å². The fourth-order valence-corrected chi connectivity index (χ4v) is 3.23. The number of hydrogen-bond donors (Lipinski definition) is 1. The summed E-state index contributed by atoms with van der Waals surface area (Å²) in [6.45, 7) is 1.78. The van der Waals surface area contributed by atoms with Crippen LogP contribution < -0.4 is 24.4 Å². The number of para-hydroxylation sites is 2. The zero-order chi connectivity index (χ0) is 22.0. The number of nitrogens with zero attached hydrogens (tertiary/aromatic N) is 2. The van der Waals surface area contributed by atoms with E-state index in [4.69, 9.17) is 14.2 Å². The summed E-state index contributed by atoms with van der Waals surface area (Å²) >= 11 is 0. The van der Waals surface area contributed by atoms with Gasteiger partial charge in [-0.1, -0.05) is 18.2 Å². The predicted octanol–water partition coefficient (Wildman–Crippen LogP) is 1.43. The first-order valence-corrected chi connectivity index (χ1v) is 9.56. The van der Waals surface area contributed by atoms with E-state index in [2.05, 4.69) is 5.32 Å². The van der Waals surface area contributed by atoms with Gasteiger partial charge in [-0.2, -0.15) is 0 Å². The van der Waals surface area contributed by atoms with E-state index in [1.54, 1.807) is 43.3 Å². The van der Waals surface area contributed by atoms with Crippen LogP contribution in [0.2, 0.25) is 0 Å². The Morgan fingerprint density at radius 3 is 2.65 bits per heavy atom. The summed E-state index contributed by atoms with van der Waals surface area (Å²) in [4.78, 5) is 51.3. The van der Waals surface area contributed by atoms with E-state index < -0.39 is 30.3 Å². The molecule has 0 spiro atoms. The number of imide groups is 2. The van der Waals surface area contributed by atoms with E-state index in [0.29, 0.717) is 23.0 Å².